The van der Waals surface area contributed by atoms with E-state index in [1.807, 2.05) is 6.07 Å². The van der Waals surface area contributed by atoms with Gasteiger partial charge in [0.05, 0.1) is 12.5 Å². The molecule has 88 valence electrons. The average molecular weight is 253 g/mol. The zero-order valence-electron chi connectivity index (χ0n) is 10.6. The molecular weight excluding hydrogens is 234 g/mol. The number of benzene rings is 1. The van der Waals surface area contributed by atoms with Gasteiger partial charge in [-0.1, -0.05) is 50.1 Å². The van der Waals surface area contributed by atoms with E-state index in [4.69, 9.17) is 0 Å². The molecule has 0 aromatic heterocycles. The van der Waals surface area contributed by atoms with Crippen LogP contribution in [-0.4, -0.2) is 20.1 Å². The minimum atomic E-state index is -1.52. The summed E-state index contributed by atoms with van der Waals surface area (Å²) >= 11 is 0. The van der Waals surface area contributed by atoms with E-state index in [1.165, 1.54) is 5.19 Å². The molecule has 0 fully saturated rings. The summed E-state index contributed by atoms with van der Waals surface area (Å²) in [7, 11) is -2.79. The van der Waals surface area contributed by atoms with Crippen LogP contribution in [0.3, 0.4) is 0 Å². The van der Waals surface area contributed by atoms with E-state index in [1.54, 1.807) is 12.1 Å². The summed E-state index contributed by atoms with van der Waals surface area (Å²) in [6.45, 7) is 11.7. The zero-order valence-corrected chi connectivity index (χ0v) is 12.6. The highest BCUT2D eigenvalue weighted by Gasteiger charge is 2.38. The standard InChI is InChI=1S/C11H19NO2Si2/c1-15(2,3)16(4,5)11-8-6-7-10(9-11)12(13)14/h6-9H,1-5H3. The lowest BCUT2D eigenvalue weighted by molar-refractivity contribution is -0.384. The second-order valence-corrected chi connectivity index (χ2v) is 22.3. The number of nitro groups is 1. The Kier molecular flexibility index (Phi) is 3.39. The van der Waals surface area contributed by atoms with Crippen LogP contribution < -0.4 is 5.19 Å². The van der Waals surface area contributed by atoms with Crippen LogP contribution in [0.25, 0.3) is 0 Å². The van der Waals surface area contributed by atoms with E-state index in [2.05, 4.69) is 38.8 Å². The van der Waals surface area contributed by atoms with Gasteiger partial charge >= 0.3 is 0 Å². The molecule has 0 atom stereocenters. The molecular formula is C11H19NO2Si2. The predicted octanol–water partition coefficient (Wildman–Crippen LogP) is 2.93. The number of nitro benzene ring substituents is 1. The van der Waals surface area contributed by atoms with Gasteiger partial charge in [0.2, 0.25) is 0 Å². The van der Waals surface area contributed by atoms with Gasteiger partial charge < -0.3 is 0 Å². The normalized spacial score (nSPS) is 12.6. The van der Waals surface area contributed by atoms with E-state index in [-0.39, 0.29) is 10.6 Å². The largest absolute Gasteiger partial charge is 0.269 e. The van der Waals surface area contributed by atoms with Crippen LogP contribution in [0.1, 0.15) is 0 Å². The highest BCUT2D eigenvalue weighted by Crippen LogP contribution is 2.20. The minimum Gasteiger partial charge on any atom is -0.258 e. The second-order valence-electron chi connectivity index (χ2n) is 5.68. The molecule has 0 aliphatic heterocycles. The minimum absolute atomic E-state index is 0.219. The molecule has 0 saturated carbocycles. The zero-order chi connectivity index (χ0) is 12.6. The van der Waals surface area contributed by atoms with Crippen molar-refractivity contribution in [3.05, 3.63) is 34.4 Å². The summed E-state index contributed by atoms with van der Waals surface area (Å²) in [6.07, 6.45) is 0. The van der Waals surface area contributed by atoms with Crippen LogP contribution in [0.5, 0.6) is 0 Å². The fourth-order valence-corrected chi connectivity index (χ4v) is 6.39. The maximum atomic E-state index is 10.8. The average Bonchev–Trinajstić information content (AvgIpc) is 2.16. The third-order valence-electron chi connectivity index (χ3n) is 3.65. The molecule has 0 unspecified atom stereocenters. The van der Waals surface area contributed by atoms with Crippen LogP contribution in [0.15, 0.2) is 24.3 Å². The summed E-state index contributed by atoms with van der Waals surface area (Å²) in [4.78, 5) is 10.5. The molecule has 1 aromatic rings. The predicted molar refractivity (Wildman–Crippen MR) is 73.6 cm³/mol. The number of non-ortho nitro benzene ring substituents is 1. The van der Waals surface area contributed by atoms with Crippen LogP contribution >= 0.6 is 0 Å². The van der Waals surface area contributed by atoms with E-state index in [0.29, 0.717) is 0 Å². The van der Waals surface area contributed by atoms with Gasteiger partial charge in [-0.25, -0.2) is 0 Å². The molecule has 16 heavy (non-hydrogen) atoms. The van der Waals surface area contributed by atoms with Crippen LogP contribution in [0.4, 0.5) is 5.69 Å². The van der Waals surface area contributed by atoms with Gasteiger partial charge in [-0.3, -0.25) is 10.1 Å². The molecule has 1 rings (SSSR count). The molecule has 0 heterocycles. The van der Waals surface area contributed by atoms with Crippen molar-refractivity contribution in [1.82, 2.24) is 0 Å². The first-order valence-corrected chi connectivity index (χ1v) is 12.9. The monoisotopic (exact) mass is 253 g/mol. The molecule has 0 aliphatic rings. The van der Waals surface area contributed by atoms with E-state index < -0.39 is 15.2 Å². The number of hydrogen-bond donors (Lipinski definition) is 0. The topological polar surface area (TPSA) is 43.1 Å². The van der Waals surface area contributed by atoms with Gasteiger partial charge in [-0.15, -0.1) is 0 Å². The van der Waals surface area contributed by atoms with Crippen molar-refractivity contribution in [2.75, 3.05) is 0 Å². The molecule has 0 N–H and O–H groups in total. The van der Waals surface area contributed by atoms with E-state index in [9.17, 15) is 10.1 Å². The molecule has 0 aliphatic carbocycles. The SMILES string of the molecule is C[Si](C)(C)[Si](C)(C)c1cccc([N+](=O)[O-])c1. The van der Waals surface area contributed by atoms with Crippen molar-refractivity contribution in [3.63, 3.8) is 0 Å². The molecule has 5 heteroatoms. The first-order valence-electron chi connectivity index (χ1n) is 5.41. The Morgan fingerprint density at radius 1 is 1.12 bits per heavy atom. The van der Waals surface area contributed by atoms with E-state index in [0.717, 1.165) is 0 Å². The van der Waals surface area contributed by atoms with Crippen molar-refractivity contribution in [1.29, 1.82) is 0 Å². The molecule has 0 amide bonds. The summed E-state index contributed by atoms with van der Waals surface area (Å²) in [5.41, 5.74) is 0.219. The number of rotatable bonds is 3. The summed E-state index contributed by atoms with van der Waals surface area (Å²) in [5, 5.41) is 12.0. The lowest BCUT2D eigenvalue weighted by Crippen LogP contribution is -2.61. The highest BCUT2D eigenvalue weighted by molar-refractivity contribution is 7.45. The van der Waals surface area contributed by atoms with Gasteiger partial charge in [0.15, 0.2) is 0 Å². The van der Waals surface area contributed by atoms with Crippen molar-refractivity contribution in [3.8, 4) is 0 Å². The van der Waals surface area contributed by atoms with Gasteiger partial charge in [0, 0.05) is 19.7 Å². The summed E-state index contributed by atoms with van der Waals surface area (Å²) < 4.78 is 0. The van der Waals surface area contributed by atoms with Gasteiger partial charge in [0.25, 0.3) is 5.69 Å². The fourth-order valence-electron chi connectivity index (χ4n) is 1.44. The van der Waals surface area contributed by atoms with Crippen molar-refractivity contribution in [2.24, 2.45) is 0 Å². The Bertz CT molecular complexity index is 411. The third-order valence-corrected chi connectivity index (χ3v) is 21.3. The lowest BCUT2D eigenvalue weighted by atomic mass is 10.3. The van der Waals surface area contributed by atoms with Crippen LogP contribution in [0.2, 0.25) is 32.7 Å². The first-order chi connectivity index (χ1) is 7.16. The second kappa shape index (κ2) is 4.14. The Hall–Kier alpha value is -0.946. The maximum absolute atomic E-state index is 10.8. The lowest BCUT2D eigenvalue weighted by Gasteiger charge is -2.35. The molecule has 3 nitrogen and oxygen atoms in total. The van der Waals surface area contributed by atoms with Crippen LogP contribution in [0, 0.1) is 10.1 Å². The van der Waals surface area contributed by atoms with Crippen LogP contribution in [-0.2, 0) is 0 Å². The fraction of sp³-hybridized carbons (Fsp3) is 0.455. The Labute approximate surface area is 98.5 Å². The van der Waals surface area contributed by atoms with Gasteiger partial charge in [-0.05, 0) is 0 Å². The Balaban J connectivity index is 3.24. The van der Waals surface area contributed by atoms with Crippen molar-refractivity contribution in [2.45, 2.75) is 32.7 Å². The van der Waals surface area contributed by atoms with Gasteiger partial charge in [0.1, 0.15) is 0 Å². The third kappa shape index (κ3) is 2.41. The molecule has 0 spiro atoms. The Morgan fingerprint density at radius 3 is 2.12 bits per heavy atom. The maximum Gasteiger partial charge on any atom is 0.269 e. The highest BCUT2D eigenvalue weighted by atomic mass is 29.3. The van der Waals surface area contributed by atoms with Crippen molar-refractivity contribution < 1.29 is 4.92 Å². The first kappa shape index (κ1) is 13.1. The summed E-state index contributed by atoms with van der Waals surface area (Å²) in [5.74, 6) is 0. The smallest absolute Gasteiger partial charge is 0.258 e. The number of hydrogen-bond acceptors (Lipinski definition) is 2. The van der Waals surface area contributed by atoms with Gasteiger partial charge in [-0.2, -0.15) is 0 Å². The van der Waals surface area contributed by atoms with E-state index >= 15 is 0 Å². The molecule has 0 saturated heterocycles. The van der Waals surface area contributed by atoms with Crippen molar-refractivity contribution >= 4 is 26.1 Å². The molecule has 1 aromatic carbocycles. The Morgan fingerprint density at radius 2 is 1.69 bits per heavy atom. The molecule has 0 bridgehead atoms. The molecule has 0 radical (unpaired) electrons. The summed E-state index contributed by atoms with van der Waals surface area (Å²) in [6, 6.07) is 7.20. The number of nitrogens with zero attached hydrogens (tertiary/aromatic N) is 1. The quantitative estimate of drug-likeness (QED) is 0.472.